The molecule has 0 aliphatic rings. The highest BCUT2D eigenvalue weighted by Gasteiger charge is 2.22. The van der Waals surface area contributed by atoms with Gasteiger partial charge in [0.25, 0.3) is 0 Å². The van der Waals surface area contributed by atoms with Crippen LogP contribution in [0.3, 0.4) is 0 Å². The van der Waals surface area contributed by atoms with Gasteiger partial charge < -0.3 is 14.8 Å². The van der Waals surface area contributed by atoms with Crippen molar-refractivity contribution >= 4 is 17.1 Å². The van der Waals surface area contributed by atoms with E-state index in [2.05, 4.69) is 15.0 Å². The summed E-state index contributed by atoms with van der Waals surface area (Å²) in [6.07, 6.45) is 0. The molecular weight excluding hydrogens is 312 g/mol. The van der Waals surface area contributed by atoms with Crippen LogP contribution in [0.5, 0.6) is 5.75 Å². The molecule has 0 fully saturated rings. The fraction of sp³-hybridized carbons (Fsp3) is 0.250. The Hall–Kier alpha value is -3.16. The second kappa shape index (κ2) is 5.80. The van der Waals surface area contributed by atoms with Crippen molar-refractivity contribution in [3.8, 4) is 11.4 Å². The maximum absolute atomic E-state index is 12.5. The van der Waals surface area contributed by atoms with E-state index in [4.69, 9.17) is 4.74 Å². The molecule has 0 atom stereocenters. The van der Waals surface area contributed by atoms with Crippen LogP contribution in [-0.2, 0) is 0 Å². The van der Waals surface area contributed by atoms with Crippen molar-refractivity contribution in [3.63, 3.8) is 0 Å². The minimum atomic E-state index is -1.22. The zero-order valence-corrected chi connectivity index (χ0v) is 13.4. The van der Waals surface area contributed by atoms with Gasteiger partial charge in [-0.15, -0.1) is 0 Å². The number of hydrogen-bond acceptors (Lipinski definition) is 5. The Morgan fingerprint density at radius 2 is 2.00 bits per heavy atom. The SMILES string of the molecule is COc1ccccc1-n1c(=O)[nH]c2c(C(=O)O)nc(C(C)C)nc21. The number of para-hydroxylation sites is 2. The van der Waals surface area contributed by atoms with Crippen LogP contribution in [0.1, 0.15) is 36.1 Å². The van der Waals surface area contributed by atoms with Gasteiger partial charge in [-0.2, -0.15) is 0 Å². The average molecular weight is 328 g/mol. The molecule has 3 rings (SSSR count). The normalized spacial score (nSPS) is 11.2. The molecule has 0 amide bonds. The number of carboxylic acid groups (broad SMARTS) is 1. The van der Waals surface area contributed by atoms with Gasteiger partial charge >= 0.3 is 11.7 Å². The maximum Gasteiger partial charge on any atom is 0.356 e. The van der Waals surface area contributed by atoms with Gasteiger partial charge in [-0.05, 0) is 12.1 Å². The molecule has 3 aromatic rings. The molecule has 2 heterocycles. The molecule has 8 nitrogen and oxygen atoms in total. The number of methoxy groups -OCH3 is 1. The van der Waals surface area contributed by atoms with Crippen LogP contribution in [0.2, 0.25) is 0 Å². The largest absolute Gasteiger partial charge is 0.495 e. The van der Waals surface area contributed by atoms with Gasteiger partial charge in [-0.25, -0.2) is 24.1 Å². The maximum atomic E-state index is 12.5. The number of nitrogens with zero attached hydrogens (tertiary/aromatic N) is 3. The number of nitrogens with one attached hydrogen (secondary N) is 1. The van der Waals surface area contributed by atoms with Gasteiger partial charge in [0.2, 0.25) is 0 Å². The summed E-state index contributed by atoms with van der Waals surface area (Å²) in [5.41, 5.74) is 0.0334. The molecule has 0 saturated heterocycles. The second-order valence-corrected chi connectivity index (χ2v) is 5.53. The molecule has 0 unspecified atom stereocenters. The van der Waals surface area contributed by atoms with E-state index in [1.54, 1.807) is 24.3 Å². The molecule has 8 heteroatoms. The number of aromatic carboxylic acids is 1. The van der Waals surface area contributed by atoms with Crippen LogP contribution in [0, 0.1) is 0 Å². The van der Waals surface area contributed by atoms with Gasteiger partial charge in [0.15, 0.2) is 11.3 Å². The lowest BCUT2D eigenvalue weighted by molar-refractivity contribution is 0.0692. The minimum Gasteiger partial charge on any atom is -0.495 e. The first kappa shape index (κ1) is 15.7. The van der Waals surface area contributed by atoms with Crippen LogP contribution in [0.4, 0.5) is 0 Å². The summed E-state index contributed by atoms with van der Waals surface area (Å²) in [6, 6.07) is 6.94. The van der Waals surface area contributed by atoms with Gasteiger partial charge in [0, 0.05) is 5.92 Å². The fourth-order valence-corrected chi connectivity index (χ4v) is 2.45. The number of rotatable bonds is 4. The summed E-state index contributed by atoms with van der Waals surface area (Å²) in [5.74, 6) is -0.494. The number of aromatic nitrogens is 4. The number of imidazole rings is 1. The molecule has 0 bridgehead atoms. The Kier molecular flexibility index (Phi) is 3.80. The van der Waals surface area contributed by atoms with E-state index >= 15 is 0 Å². The minimum absolute atomic E-state index is 0.0859. The molecule has 0 aliphatic heterocycles. The van der Waals surface area contributed by atoms with E-state index in [0.717, 1.165) is 0 Å². The van der Waals surface area contributed by atoms with Crippen LogP contribution >= 0.6 is 0 Å². The van der Waals surface area contributed by atoms with Gasteiger partial charge in [-0.3, -0.25) is 0 Å². The van der Waals surface area contributed by atoms with Crippen molar-refractivity contribution < 1.29 is 14.6 Å². The number of carboxylic acids is 1. The Morgan fingerprint density at radius 1 is 1.29 bits per heavy atom. The smallest absolute Gasteiger partial charge is 0.356 e. The van der Waals surface area contributed by atoms with E-state index < -0.39 is 11.7 Å². The molecule has 24 heavy (non-hydrogen) atoms. The van der Waals surface area contributed by atoms with Gasteiger partial charge in [0.05, 0.1) is 12.8 Å². The predicted octanol–water partition coefficient (Wildman–Crippen LogP) is 1.94. The standard InChI is InChI=1S/C16H16N4O4/c1-8(2)13-17-12(15(21)22)11-14(19-13)20(16(23)18-11)9-6-4-5-7-10(9)24-3/h4-8H,1-3H3,(H,18,23)(H,21,22). The first-order valence-electron chi connectivity index (χ1n) is 7.33. The van der Waals surface area contributed by atoms with Crippen molar-refractivity contribution in [1.82, 2.24) is 19.5 Å². The van der Waals surface area contributed by atoms with Crippen molar-refractivity contribution in [1.29, 1.82) is 0 Å². The molecule has 2 N–H and O–H groups in total. The topological polar surface area (TPSA) is 110 Å². The van der Waals surface area contributed by atoms with Crippen LogP contribution in [-0.4, -0.2) is 37.7 Å². The molecular formula is C16H16N4O4. The first-order valence-corrected chi connectivity index (χ1v) is 7.33. The number of carbonyl (C=O) groups is 1. The predicted molar refractivity (Wildman–Crippen MR) is 87.1 cm³/mol. The lowest BCUT2D eigenvalue weighted by Gasteiger charge is -2.10. The van der Waals surface area contributed by atoms with Crippen molar-refractivity contribution in [2.45, 2.75) is 19.8 Å². The second-order valence-electron chi connectivity index (χ2n) is 5.53. The first-order chi connectivity index (χ1) is 11.4. The lowest BCUT2D eigenvalue weighted by Crippen LogP contribution is -2.16. The zero-order valence-electron chi connectivity index (χ0n) is 13.4. The highest BCUT2D eigenvalue weighted by atomic mass is 16.5. The Bertz CT molecular complexity index is 987. The molecule has 2 aromatic heterocycles. The summed E-state index contributed by atoms with van der Waals surface area (Å²) in [5, 5.41) is 9.41. The highest BCUT2D eigenvalue weighted by molar-refractivity contribution is 5.98. The summed E-state index contributed by atoms with van der Waals surface area (Å²) < 4.78 is 6.59. The number of aromatic amines is 1. The molecule has 0 spiro atoms. The summed E-state index contributed by atoms with van der Waals surface area (Å²) in [7, 11) is 1.50. The third kappa shape index (κ3) is 2.41. The Balaban J connectivity index is 2.43. The van der Waals surface area contributed by atoms with Crippen molar-refractivity contribution in [2.24, 2.45) is 0 Å². The van der Waals surface area contributed by atoms with Crippen LogP contribution in [0.15, 0.2) is 29.1 Å². The quantitative estimate of drug-likeness (QED) is 0.757. The van der Waals surface area contributed by atoms with E-state index in [1.165, 1.54) is 11.7 Å². The van der Waals surface area contributed by atoms with E-state index in [1.807, 2.05) is 13.8 Å². The van der Waals surface area contributed by atoms with E-state index in [0.29, 0.717) is 17.3 Å². The van der Waals surface area contributed by atoms with Crippen molar-refractivity contribution in [2.75, 3.05) is 7.11 Å². The summed E-state index contributed by atoms with van der Waals surface area (Å²) >= 11 is 0. The van der Waals surface area contributed by atoms with Crippen LogP contribution in [0.25, 0.3) is 16.9 Å². The summed E-state index contributed by atoms with van der Waals surface area (Å²) in [6.45, 7) is 3.70. The highest BCUT2D eigenvalue weighted by Crippen LogP contribution is 2.25. The number of benzene rings is 1. The number of hydrogen-bond donors (Lipinski definition) is 2. The molecule has 0 aliphatic carbocycles. The third-order valence-electron chi connectivity index (χ3n) is 3.60. The molecule has 124 valence electrons. The molecule has 1 aromatic carbocycles. The van der Waals surface area contributed by atoms with Crippen molar-refractivity contribution in [3.05, 3.63) is 46.3 Å². The number of fused-ring (bicyclic) bond motifs is 1. The third-order valence-corrected chi connectivity index (χ3v) is 3.60. The zero-order chi connectivity index (χ0) is 17.4. The van der Waals surface area contributed by atoms with Crippen LogP contribution < -0.4 is 10.4 Å². The molecule has 0 radical (unpaired) electrons. The van der Waals surface area contributed by atoms with E-state index in [-0.39, 0.29) is 22.8 Å². The number of H-pyrrole nitrogens is 1. The van der Waals surface area contributed by atoms with Gasteiger partial charge in [-0.1, -0.05) is 26.0 Å². The summed E-state index contributed by atoms with van der Waals surface area (Å²) in [4.78, 5) is 35.0. The molecule has 0 saturated carbocycles. The lowest BCUT2D eigenvalue weighted by atomic mass is 10.2. The Morgan fingerprint density at radius 3 is 2.62 bits per heavy atom. The monoisotopic (exact) mass is 328 g/mol. The number of ether oxygens (including phenoxy) is 1. The average Bonchev–Trinajstić information content (AvgIpc) is 2.89. The van der Waals surface area contributed by atoms with Gasteiger partial charge in [0.1, 0.15) is 17.1 Å². The van der Waals surface area contributed by atoms with E-state index in [9.17, 15) is 14.7 Å². The Labute approximate surface area is 136 Å². The fourth-order valence-electron chi connectivity index (χ4n) is 2.45.